The van der Waals surface area contributed by atoms with E-state index in [-0.39, 0.29) is 5.75 Å². The number of hydrogen-bond donors (Lipinski definition) is 1. The molecule has 0 aliphatic carbocycles. The lowest BCUT2D eigenvalue weighted by atomic mass is 10.2. The van der Waals surface area contributed by atoms with Crippen LogP contribution in [0, 0.1) is 6.92 Å². The smallest absolute Gasteiger partial charge is 0.126 e. The van der Waals surface area contributed by atoms with E-state index in [0.717, 1.165) is 11.3 Å². The van der Waals surface area contributed by atoms with Gasteiger partial charge in [-0.3, -0.25) is 0 Å². The molecule has 19 heavy (non-hydrogen) atoms. The van der Waals surface area contributed by atoms with E-state index >= 15 is 0 Å². The van der Waals surface area contributed by atoms with Crippen molar-refractivity contribution in [2.24, 2.45) is 0 Å². The number of phenolic OH excluding ortho intramolecular Hbond substituents is 1. The summed E-state index contributed by atoms with van der Waals surface area (Å²) in [5.74, 6) is 1.58. The predicted molar refractivity (Wildman–Crippen MR) is 75.2 cm³/mol. The summed E-state index contributed by atoms with van der Waals surface area (Å²) >= 11 is 5.96. The number of rotatable bonds is 4. The molecule has 4 heteroatoms. The van der Waals surface area contributed by atoms with E-state index in [9.17, 15) is 5.11 Å². The molecule has 100 valence electrons. The van der Waals surface area contributed by atoms with Gasteiger partial charge in [0.15, 0.2) is 0 Å². The lowest BCUT2D eigenvalue weighted by Gasteiger charge is -2.12. The van der Waals surface area contributed by atoms with E-state index in [1.807, 2.05) is 6.07 Å². The van der Waals surface area contributed by atoms with Crippen LogP contribution in [0.5, 0.6) is 17.2 Å². The topological polar surface area (TPSA) is 38.7 Å². The van der Waals surface area contributed by atoms with Crippen LogP contribution in [0.2, 0.25) is 5.02 Å². The maximum absolute atomic E-state index is 9.62. The van der Waals surface area contributed by atoms with Gasteiger partial charge in [-0.05, 0) is 37.3 Å². The second-order valence-electron chi connectivity index (χ2n) is 4.15. The van der Waals surface area contributed by atoms with Gasteiger partial charge in [0.05, 0.1) is 7.11 Å². The minimum absolute atomic E-state index is 0.218. The van der Waals surface area contributed by atoms with Crippen molar-refractivity contribution >= 4 is 11.6 Å². The van der Waals surface area contributed by atoms with E-state index < -0.39 is 0 Å². The van der Waals surface area contributed by atoms with Crippen LogP contribution >= 0.6 is 11.6 Å². The maximum Gasteiger partial charge on any atom is 0.126 e. The van der Waals surface area contributed by atoms with Gasteiger partial charge in [0.1, 0.15) is 23.9 Å². The summed E-state index contributed by atoms with van der Waals surface area (Å²) in [6.07, 6.45) is 0. The number of methoxy groups -OCH3 is 1. The predicted octanol–water partition coefficient (Wildman–Crippen LogP) is 3.94. The van der Waals surface area contributed by atoms with E-state index in [1.54, 1.807) is 44.4 Å². The molecule has 1 N–H and O–H groups in total. The first kappa shape index (κ1) is 13.6. The number of benzene rings is 2. The van der Waals surface area contributed by atoms with Crippen molar-refractivity contribution in [3.05, 3.63) is 52.5 Å². The fourth-order valence-electron chi connectivity index (χ4n) is 1.77. The van der Waals surface area contributed by atoms with Crippen LogP contribution in [0.4, 0.5) is 0 Å². The van der Waals surface area contributed by atoms with Crippen molar-refractivity contribution in [1.29, 1.82) is 0 Å². The molecular formula is C15H15ClO3. The van der Waals surface area contributed by atoms with Gasteiger partial charge in [-0.15, -0.1) is 0 Å². The summed E-state index contributed by atoms with van der Waals surface area (Å²) in [5.41, 5.74) is 1.57. The SMILES string of the molecule is COc1ccc(Cl)cc1COc1cccc(O)c1C. The Kier molecular flexibility index (Phi) is 4.17. The third kappa shape index (κ3) is 3.12. The highest BCUT2D eigenvalue weighted by Gasteiger charge is 2.07. The van der Waals surface area contributed by atoms with Crippen LogP contribution in [-0.4, -0.2) is 12.2 Å². The third-order valence-electron chi connectivity index (χ3n) is 2.88. The van der Waals surface area contributed by atoms with Gasteiger partial charge in [0.25, 0.3) is 0 Å². The van der Waals surface area contributed by atoms with Crippen molar-refractivity contribution in [3.8, 4) is 17.2 Å². The van der Waals surface area contributed by atoms with Gasteiger partial charge < -0.3 is 14.6 Å². The van der Waals surface area contributed by atoms with Gasteiger partial charge in [0, 0.05) is 16.1 Å². The third-order valence-corrected chi connectivity index (χ3v) is 3.12. The molecule has 0 aromatic heterocycles. The monoisotopic (exact) mass is 278 g/mol. The molecule has 0 saturated carbocycles. The van der Waals surface area contributed by atoms with Crippen LogP contribution in [0.15, 0.2) is 36.4 Å². The zero-order chi connectivity index (χ0) is 13.8. The lowest BCUT2D eigenvalue weighted by molar-refractivity contribution is 0.293. The Bertz CT molecular complexity index is 582. The Hall–Kier alpha value is -1.87. The molecule has 0 aliphatic rings. The zero-order valence-corrected chi connectivity index (χ0v) is 11.6. The van der Waals surface area contributed by atoms with Gasteiger partial charge in [0.2, 0.25) is 0 Å². The number of phenols is 1. The standard InChI is InChI=1S/C15H15ClO3/c1-10-13(17)4-3-5-14(10)19-9-11-8-12(16)6-7-15(11)18-2/h3-8,17H,9H2,1-2H3. The van der Waals surface area contributed by atoms with Gasteiger partial charge in [-0.2, -0.15) is 0 Å². The van der Waals surface area contributed by atoms with Crippen LogP contribution in [0.3, 0.4) is 0 Å². The molecule has 2 aromatic carbocycles. The average Bonchev–Trinajstić information content (AvgIpc) is 2.40. The summed E-state index contributed by atoms with van der Waals surface area (Å²) in [5, 5.41) is 10.2. The minimum atomic E-state index is 0.218. The summed E-state index contributed by atoms with van der Waals surface area (Å²) in [6, 6.07) is 10.6. The van der Waals surface area contributed by atoms with Crippen molar-refractivity contribution in [2.75, 3.05) is 7.11 Å². The molecule has 0 aliphatic heterocycles. The molecular weight excluding hydrogens is 264 g/mol. The van der Waals surface area contributed by atoms with Gasteiger partial charge in [-0.1, -0.05) is 17.7 Å². The second kappa shape index (κ2) is 5.85. The highest BCUT2D eigenvalue weighted by molar-refractivity contribution is 6.30. The molecule has 0 amide bonds. The van der Waals surface area contributed by atoms with Crippen LogP contribution in [-0.2, 0) is 6.61 Å². The summed E-state index contributed by atoms with van der Waals surface area (Å²) in [6.45, 7) is 2.13. The number of ether oxygens (including phenoxy) is 2. The normalized spacial score (nSPS) is 10.3. The number of halogens is 1. The van der Waals surface area contributed by atoms with Crippen molar-refractivity contribution in [1.82, 2.24) is 0 Å². The summed E-state index contributed by atoms with van der Waals surface area (Å²) < 4.78 is 11.0. The average molecular weight is 279 g/mol. The molecule has 0 saturated heterocycles. The zero-order valence-electron chi connectivity index (χ0n) is 10.8. The largest absolute Gasteiger partial charge is 0.508 e. The number of aromatic hydroxyl groups is 1. The van der Waals surface area contributed by atoms with E-state index in [0.29, 0.717) is 22.9 Å². The fraction of sp³-hybridized carbons (Fsp3) is 0.200. The van der Waals surface area contributed by atoms with Crippen molar-refractivity contribution < 1.29 is 14.6 Å². The quantitative estimate of drug-likeness (QED) is 0.920. The maximum atomic E-state index is 9.62. The second-order valence-corrected chi connectivity index (χ2v) is 4.58. The van der Waals surface area contributed by atoms with E-state index in [4.69, 9.17) is 21.1 Å². The Morgan fingerprint density at radius 2 is 1.95 bits per heavy atom. The Labute approximate surface area is 117 Å². The highest BCUT2D eigenvalue weighted by Crippen LogP contribution is 2.28. The lowest BCUT2D eigenvalue weighted by Crippen LogP contribution is -2.00. The fourth-order valence-corrected chi connectivity index (χ4v) is 1.97. The van der Waals surface area contributed by atoms with Crippen molar-refractivity contribution in [2.45, 2.75) is 13.5 Å². The Balaban J connectivity index is 2.18. The molecule has 0 atom stereocenters. The van der Waals surface area contributed by atoms with Crippen molar-refractivity contribution in [3.63, 3.8) is 0 Å². The van der Waals surface area contributed by atoms with Gasteiger partial charge in [-0.25, -0.2) is 0 Å². The molecule has 0 unspecified atom stereocenters. The molecule has 0 bridgehead atoms. The molecule has 2 rings (SSSR count). The van der Waals surface area contributed by atoms with E-state index in [2.05, 4.69) is 0 Å². The van der Waals surface area contributed by atoms with Crippen LogP contribution in [0.1, 0.15) is 11.1 Å². The summed E-state index contributed by atoms with van der Waals surface area (Å²) in [7, 11) is 1.60. The molecule has 0 spiro atoms. The number of hydrogen-bond acceptors (Lipinski definition) is 3. The molecule has 0 fully saturated rings. The Morgan fingerprint density at radius 1 is 1.16 bits per heavy atom. The van der Waals surface area contributed by atoms with E-state index in [1.165, 1.54) is 0 Å². The van der Waals surface area contributed by atoms with Crippen LogP contribution < -0.4 is 9.47 Å². The first-order valence-electron chi connectivity index (χ1n) is 5.85. The van der Waals surface area contributed by atoms with Gasteiger partial charge >= 0.3 is 0 Å². The first-order valence-corrected chi connectivity index (χ1v) is 6.23. The molecule has 0 radical (unpaired) electrons. The molecule has 3 nitrogen and oxygen atoms in total. The van der Waals surface area contributed by atoms with Crippen LogP contribution in [0.25, 0.3) is 0 Å². The molecule has 2 aromatic rings. The molecule has 0 heterocycles. The summed E-state index contributed by atoms with van der Waals surface area (Å²) in [4.78, 5) is 0. The first-order chi connectivity index (χ1) is 9.11. The minimum Gasteiger partial charge on any atom is -0.508 e. The Morgan fingerprint density at radius 3 is 2.68 bits per heavy atom. The highest BCUT2D eigenvalue weighted by atomic mass is 35.5.